The fourth-order valence-electron chi connectivity index (χ4n) is 4.89. The van der Waals surface area contributed by atoms with E-state index in [0.717, 1.165) is 18.4 Å². The molecule has 138 valence electrons. The van der Waals surface area contributed by atoms with Gasteiger partial charge in [-0.25, -0.2) is 0 Å². The smallest absolute Gasteiger partial charge is 0.309 e. The van der Waals surface area contributed by atoms with Crippen LogP contribution in [0.5, 0.6) is 0 Å². The number of amides is 2. The van der Waals surface area contributed by atoms with Gasteiger partial charge in [0.1, 0.15) is 0 Å². The lowest BCUT2D eigenvalue weighted by molar-refractivity contribution is -0.147. The molecule has 1 aromatic carbocycles. The van der Waals surface area contributed by atoms with Crippen LogP contribution in [0.2, 0.25) is 0 Å². The van der Waals surface area contributed by atoms with Crippen LogP contribution >= 0.6 is 0 Å². The molecule has 0 radical (unpaired) electrons. The number of carboxylic acids is 1. The van der Waals surface area contributed by atoms with E-state index in [9.17, 15) is 19.5 Å². The van der Waals surface area contributed by atoms with Crippen molar-refractivity contribution in [2.75, 3.05) is 20.1 Å². The van der Waals surface area contributed by atoms with Crippen molar-refractivity contribution in [3.63, 3.8) is 0 Å². The molecule has 1 N–H and O–H groups in total. The van der Waals surface area contributed by atoms with Gasteiger partial charge in [0.2, 0.25) is 11.8 Å². The van der Waals surface area contributed by atoms with Crippen LogP contribution in [0.3, 0.4) is 0 Å². The van der Waals surface area contributed by atoms with Crippen LogP contribution in [-0.4, -0.2) is 58.4 Å². The van der Waals surface area contributed by atoms with E-state index < -0.39 is 22.8 Å². The maximum Gasteiger partial charge on any atom is 0.309 e. The molecule has 3 fully saturated rings. The minimum Gasteiger partial charge on any atom is -0.481 e. The number of carbonyl (C=O) groups excluding carboxylic acids is 2. The predicted molar refractivity (Wildman–Crippen MR) is 94.4 cm³/mol. The molecule has 1 atom stereocenters. The van der Waals surface area contributed by atoms with Crippen molar-refractivity contribution in [2.24, 2.45) is 5.92 Å². The van der Waals surface area contributed by atoms with Crippen molar-refractivity contribution in [3.05, 3.63) is 35.9 Å². The second-order valence-electron chi connectivity index (χ2n) is 7.89. The molecule has 6 nitrogen and oxygen atoms in total. The number of aliphatic carboxylic acids is 1. The van der Waals surface area contributed by atoms with Crippen molar-refractivity contribution < 1.29 is 19.5 Å². The Morgan fingerprint density at radius 3 is 2.23 bits per heavy atom. The standard InChI is InChI=1S/C20H24N2O4/c1-21-16(23)13-15(17(24)25)20(21)9-11-22(12-10-20)18(26)19(7-8-19)14-5-3-2-4-6-14/h2-6,15H,7-13H2,1H3,(H,24,25)/t15-/m1/s1. The van der Waals surface area contributed by atoms with E-state index in [4.69, 9.17) is 0 Å². The van der Waals surface area contributed by atoms with E-state index in [1.165, 1.54) is 0 Å². The summed E-state index contributed by atoms with van der Waals surface area (Å²) in [6.07, 6.45) is 2.86. The number of likely N-dealkylation sites (tertiary alicyclic amines) is 2. The van der Waals surface area contributed by atoms with E-state index in [0.29, 0.717) is 25.9 Å². The van der Waals surface area contributed by atoms with Gasteiger partial charge in [-0.2, -0.15) is 0 Å². The summed E-state index contributed by atoms with van der Waals surface area (Å²) in [7, 11) is 1.70. The highest BCUT2D eigenvalue weighted by Crippen LogP contribution is 2.51. The molecule has 2 amide bonds. The van der Waals surface area contributed by atoms with E-state index >= 15 is 0 Å². The highest BCUT2D eigenvalue weighted by molar-refractivity contribution is 5.92. The number of hydrogen-bond acceptors (Lipinski definition) is 3. The summed E-state index contributed by atoms with van der Waals surface area (Å²) in [5.41, 5.74) is 0.0280. The Morgan fingerprint density at radius 1 is 1.08 bits per heavy atom. The molecule has 6 heteroatoms. The van der Waals surface area contributed by atoms with Gasteiger partial charge in [0, 0.05) is 26.6 Å². The van der Waals surface area contributed by atoms with Crippen LogP contribution in [0.25, 0.3) is 0 Å². The second-order valence-corrected chi connectivity index (χ2v) is 7.89. The first-order valence-corrected chi connectivity index (χ1v) is 9.25. The zero-order valence-electron chi connectivity index (χ0n) is 15.0. The van der Waals surface area contributed by atoms with Crippen molar-refractivity contribution in [1.82, 2.24) is 9.80 Å². The zero-order valence-corrected chi connectivity index (χ0v) is 15.0. The average molecular weight is 356 g/mol. The summed E-state index contributed by atoms with van der Waals surface area (Å²) in [4.78, 5) is 40.5. The first kappa shape index (κ1) is 17.1. The van der Waals surface area contributed by atoms with Gasteiger partial charge in [0.25, 0.3) is 0 Å². The van der Waals surface area contributed by atoms with Gasteiger partial charge >= 0.3 is 5.97 Å². The minimum atomic E-state index is -0.912. The zero-order chi connectivity index (χ0) is 18.5. The van der Waals surface area contributed by atoms with Gasteiger partial charge < -0.3 is 14.9 Å². The third-order valence-electron chi connectivity index (χ3n) is 6.77. The summed E-state index contributed by atoms with van der Waals surface area (Å²) >= 11 is 0. The van der Waals surface area contributed by atoms with Gasteiger partial charge in [-0.05, 0) is 31.2 Å². The highest BCUT2D eigenvalue weighted by atomic mass is 16.4. The molecular formula is C20H24N2O4. The lowest BCUT2D eigenvalue weighted by Gasteiger charge is -2.46. The van der Waals surface area contributed by atoms with Crippen molar-refractivity contribution in [3.8, 4) is 0 Å². The van der Waals surface area contributed by atoms with Crippen molar-refractivity contribution >= 4 is 17.8 Å². The molecule has 3 aliphatic rings. The van der Waals surface area contributed by atoms with E-state index in [1.807, 2.05) is 35.2 Å². The summed E-state index contributed by atoms with van der Waals surface area (Å²) in [5, 5.41) is 9.57. The fraction of sp³-hybridized carbons (Fsp3) is 0.550. The summed E-state index contributed by atoms with van der Waals surface area (Å²) in [6, 6.07) is 9.91. The molecule has 1 aliphatic carbocycles. The highest BCUT2D eigenvalue weighted by Gasteiger charge is 2.58. The summed E-state index contributed by atoms with van der Waals surface area (Å²) in [6.45, 7) is 1.02. The van der Waals surface area contributed by atoms with Crippen molar-refractivity contribution in [2.45, 2.75) is 43.1 Å². The van der Waals surface area contributed by atoms with Crippen molar-refractivity contribution in [1.29, 1.82) is 0 Å². The molecule has 1 spiro atoms. The van der Waals surface area contributed by atoms with Crippen LogP contribution < -0.4 is 0 Å². The van der Waals surface area contributed by atoms with Gasteiger partial charge in [0.15, 0.2) is 0 Å². The number of rotatable bonds is 3. The molecule has 0 bridgehead atoms. The molecule has 0 unspecified atom stereocenters. The SMILES string of the molecule is CN1C(=O)C[C@H](C(=O)O)C12CCN(C(=O)C1(c3ccccc3)CC1)CC2. The lowest BCUT2D eigenvalue weighted by atomic mass is 9.76. The van der Waals surface area contributed by atoms with E-state index in [2.05, 4.69) is 0 Å². The first-order valence-electron chi connectivity index (χ1n) is 9.25. The summed E-state index contributed by atoms with van der Waals surface area (Å²) < 4.78 is 0. The molecular weight excluding hydrogens is 332 g/mol. The lowest BCUT2D eigenvalue weighted by Crippen LogP contribution is -2.57. The van der Waals surface area contributed by atoms with E-state index in [1.54, 1.807) is 11.9 Å². The van der Waals surface area contributed by atoms with Crippen LogP contribution in [0.4, 0.5) is 0 Å². The average Bonchev–Trinajstić information content (AvgIpc) is 3.43. The normalized spacial score (nSPS) is 26.2. The quantitative estimate of drug-likeness (QED) is 0.893. The van der Waals surface area contributed by atoms with E-state index in [-0.39, 0.29) is 18.2 Å². The first-order chi connectivity index (χ1) is 12.4. The third-order valence-corrected chi connectivity index (χ3v) is 6.77. The molecule has 2 heterocycles. The van der Waals surface area contributed by atoms with Gasteiger partial charge in [-0.15, -0.1) is 0 Å². The molecule has 0 aromatic heterocycles. The Morgan fingerprint density at radius 2 is 1.69 bits per heavy atom. The third kappa shape index (κ3) is 2.35. The topological polar surface area (TPSA) is 77.9 Å². The number of carboxylic acid groups (broad SMARTS) is 1. The Hall–Kier alpha value is -2.37. The largest absolute Gasteiger partial charge is 0.481 e. The number of benzene rings is 1. The van der Waals surface area contributed by atoms with Crippen LogP contribution in [0.15, 0.2) is 30.3 Å². The second kappa shape index (κ2) is 5.83. The maximum atomic E-state index is 13.2. The van der Waals surface area contributed by atoms with Gasteiger partial charge in [-0.1, -0.05) is 30.3 Å². The Bertz CT molecular complexity index is 748. The Balaban J connectivity index is 1.51. The summed E-state index contributed by atoms with van der Waals surface area (Å²) in [5.74, 6) is -1.55. The van der Waals surface area contributed by atoms with Gasteiger partial charge in [0.05, 0.1) is 16.9 Å². The number of nitrogens with zero attached hydrogens (tertiary/aromatic N) is 2. The molecule has 1 saturated carbocycles. The number of piperidine rings is 1. The monoisotopic (exact) mass is 356 g/mol. The van der Waals surface area contributed by atoms with Crippen LogP contribution in [0, 0.1) is 5.92 Å². The molecule has 1 aromatic rings. The van der Waals surface area contributed by atoms with Crippen LogP contribution in [0.1, 0.15) is 37.7 Å². The number of carbonyl (C=O) groups is 3. The Kier molecular flexibility index (Phi) is 3.82. The molecule has 4 rings (SSSR count). The maximum absolute atomic E-state index is 13.2. The molecule has 2 aliphatic heterocycles. The molecule has 26 heavy (non-hydrogen) atoms. The minimum absolute atomic E-state index is 0.0632. The van der Waals surface area contributed by atoms with Crippen LogP contribution in [-0.2, 0) is 19.8 Å². The fourth-order valence-corrected chi connectivity index (χ4v) is 4.89. The van der Waals surface area contributed by atoms with Gasteiger partial charge in [-0.3, -0.25) is 14.4 Å². The Labute approximate surface area is 152 Å². The number of hydrogen-bond donors (Lipinski definition) is 1. The molecule has 2 saturated heterocycles. The predicted octanol–water partition coefficient (Wildman–Crippen LogP) is 1.64.